The Balaban J connectivity index is 2.51. The Hall–Kier alpha value is -1.75. The van der Waals surface area contributed by atoms with Crippen LogP contribution < -0.4 is 9.47 Å². The van der Waals surface area contributed by atoms with Crippen molar-refractivity contribution in [3.05, 3.63) is 23.3 Å². The van der Waals surface area contributed by atoms with Crippen LogP contribution in [0.3, 0.4) is 0 Å². The van der Waals surface area contributed by atoms with Gasteiger partial charge in [-0.05, 0) is 19.1 Å². The molecule has 1 aliphatic heterocycles. The van der Waals surface area contributed by atoms with Gasteiger partial charge in [0, 0.05) is 12.2 Å². The van der Waals surface area contributed by atoms with E-state index < -0.39 is 12.3 Å². The van der Waals surface area contributed by atoms with Gasteiger partial charge >= 0.3 is 5.97 Å². The van der Waals surface area contributed by atoms with E-state index in [1.807, 2.05) is 6.92 Å². The zero-order chi connectivity index (χ0) is 12.4. The minimum absolute atomic E-state index is 0.380. The predicted octanol–water partition coefficient (Wildman–Crippen LogP) is 1.91. The van der Waals surface area contributed by atoms with Gasteiger partial charge in [0.15, 0.2) is 11.5 Å². The number of hydrogen-bond acceptors (Lipinski definition) is 5. The maximum absolute atomic E-state index is 11.8. The standard InChI is InChI=1S/C12H14O5/c1-4-16-12-7-5-6-8(14-2)10(15-3)9(7)11(13)17-12/h5-6,12H,4H2,1-3H3. The normalized spacial score (nSPS) is 17.6. The molecule has 0 aliphatic carbocycles. The lowest BCUT2D eigenvalue weighted by Gasteiger charge is -2.11. The number of cyclic esters (lactones) is 1. The summed E-state index contributed by atoms with van der Waals surface area (Å²) in [6.45, 7) is 2.30. The van der Waals surface area contributed by atoms with Crippen LogP contribution in [0.4, 0.5) is 0 Å². The van der Waals surface area contributed by atoms with Gasteiger partial charge in [-0.25, -0.2) is 4.79 Å². The summed E-state index contributed by atoms with van der Waals surface area (Å²) in [6, 6.07) is 3.48. The average molecular weight is 238 g/mol. The fourth-order valence-electron chi connectivity index (χ4n) is 1.84. The van der Waals surface area contributed by atoms with Gasteiger partial charge in [0.25, 0.3) is 0 Å². The second kappa shape index (κ2) is 4.63. The smallest absolute Gasteiger partial charge is 0.345 e. The van der Waals surface area contributed by atoms with E-state index in [9.17, 15) is 4.79 Å². The first-order valence-electron chi connectivity index (χ1n) is 5.30. The molecule has 1 heterocycles. The molecule has 5 nitrogen and oxygen atoms in total. The molecule has 0 N–H and O–H groups in total. The Bertz CT molecular complexity index is 441. The van der Waals surface area contributed by atoms with Gasteiger partial charge in [-0.2, -0.15) is 0 Å². The van der Waals surface area contributed by atoms with Gasteiger partial charge in [-0.1, -0.05) is 0 Å². The molecule has 5 heteroatoms. The lowest BCUT2D eigenvalue weighted by molar-refractivity contribution is -0.0993. The summed E-state index contributed by atoms with van der Waals surface area (Å²) in [6.07, 6.45) is -0.651. The first-order chi connectivity index (χ1) is 8.22. The summed E-state index contributed by atoms with van der Waals surface area (Å²) in [4.78, 5) is 11.8. The lowest BCUT2D eigenvalue weighted by Crippen LogP contribution is -2.03. The molecule has 0 bridgehead atoms. The molecule has 1 unspecified atom stereocenters. The zero-order valence-electron chi connectivity index (χ0n) is 9.98. The van der Waals surface area contributed by atoms with E-state index in [0.29, 0.717) is 29.2 Å². The number of fused-ring (bicyclic) bond motifs is 1. The third-order valence-electron chi connectivity index (χ3n) is 2.57. The van der Waals surface area contributed by atoms with Crippen molar-refractivity contribution < 1.29 is 23.7 Å². The van der Waals surface area contributed by atoms with Crippen molar-refractivity contribution in [3.63, 3.8) is 0 Å². The maximum atomic E-state index is 11.8. The monoisotopic (exact) mass is 238 g/mol. The van der Waals surface area contributed by atoms with Crippen molar-refractivity contribution in [2.24, 2.45) is 0 Å². The summed E-state index contributed by atoms with van der Waals surface area (Å²) >= 11 is 0. The van der Waals surface area contributed by atoms with Crippen LogP contribution in [0.1, 0.15) is 29.1 Å². The van der Waals surface area contributed by atoms with Gasteiger partial charge in [0.05, 0.1) is 14.2 Å². The van der Waals surface area contributed by atoms with Crippen LogP contribution in [0.15, 0.2) is 12.1 Å². The topological polar surface area (TPSA) is 54.0 Å². The largest absolute Gasteiger partial charge is 0.493 e. The molecule has 1 atom stereocenters. The summed E-state index contributed by atoms with van der Waals surface area (Å²) in [7, 11) is 3.00. The van der Waals surface area contributed by atoms with Crippen LogP contribution in [0.25, 0.3) is 0 Å². The summed E-state index contributed by atoms with van der Waals surface area (Å²) in [5.41, 5.74) is 1.06. The van der Waals surface area contributed by atoms with E-state index in [1.165, 1.54) is 14.2 Å². The average Bonchev–Trinajstić information content (AvgIpc) is 2.66. The van der Waals surface area contributed by atoms with Crippen molar-refractivity contribution in [2.75, 3.05) is 20.8 Å². The highest BCUT2D eigenvalue weighted by atomic mass is 16.7. The van der Waals surface area contributed by atoms with Gasteiger partial charge in [0.1, 0.15) is 5.56 Å². The first-order valence-corrected chi connectivity index (χ1v) is 5.30. The molecule has 0 spiro atoms. The van der Waals surface area contributed by atoms with Crippen LogP contribution in [0.2, 0.25) is 0 Å². The molecule has 92 valence electrons. The molecule has 0 radical (unpaired) electrons. The number of rotatable bonds is 4. The molecule has 0 fully saturated rings. The molecule has 0 amide bonds. The molecule has 0 saturated carbocycles. The fourth-order valence-corrected chi connectivity index (χ4v) is 1.84. The molecule has 0 saturated heterocycles. The summed E-state index contributed by atoms with van der Waals surface area (Å²) in [5, 5.41) is 0. The first kappa shape index (κ1) is 11.7. The highest BCUT2D eigenvalue weighted by Crippen LogP contribution is 2.42. The van der Waals surface area contributed by atoms with Crippen molar-refractivity contribution >= 4 is 5.97 Å². The molecule has 17 heavy (non-hydrogen) atoms. The number of benzene rings is 1. The lowest BCUT2D eigenvalue weighted by atomic mass is 10.1. The number of ether oxygens (including phenoxy) is 4. The fraction of sp³-hybridized carbons (Fsp3) is 0.417. The minimum atomic E-state index is -0.651. The van der Waals surface area contributed by atoms with E-state index in [4.69, 9.17) is 18.9 Å². The Labute approximate surface area is 99.2 Å². The Morgan fingerprint density at radius 2 is 2.06 bits per heavy atom. The number of carbonyl (C=O) groups excluding carboxylic acids is 1. The third kappa shape index (κ3) is 1.82. The van der Waals surface area contributed by atoms with E-state index in [0.717, 1.165) is 0 Å². The zero-order valence-corrected chi connectivity index (χ0v) is 9.98. The predicted molar refractivity (Wildman–Crippen MR) is 59.3 cm³/mol. The molecule has 1 aliphatic rings. The quantitative estimate of drug-likeness (QED) is 0.750. The highest BCUT2D eigenvalue weighted by molar-refractivity contribution is 5.97. The summed E-state index contributed by atoms with van der Waals surface area (Å²) < 4.78 is 20.8. The van der Waals surface area contributed by atoms with Crippen LogP contribution in [-0.4, -0.2) is 26.8 Å². The van der Waals surface area contributed by atoms with Gasteiger partial charge < -0.3 is 18.9 Å². The summed E-state index contributed by atoms with van der Waals surface area (Å²) in [5.74, 6) is 0.437. The Morgan fingerprint density at radius 1 is 1.29 bits per heavy atom. The molecule has 2 rings (SSSR count). The number of carbonyl (C=O) groups is 1. The van der Waals surface area contributed by atoms with E-state index >= 15 is 0 Å². The Kier molecular flexibility index (Phi) is 3.19. The molecular formula is C12H14O5. The Morgan fingerprint density at radius 3 is 2.65 bits per heavy atom. The van der Waals surface area contributed by atoms with Gasteiger partial charge in [0.2, 0.25) is 6.29 Å². The van der Waals surface area contributed by atoms with E-state index in [2.05, 4.69) is 0 Å². The van der Waals surface area contributed by atoms with Crippen molar-refractivity contribution in [2.45, 2.75) is 13.2 Å². The van der Waals surface area contributed by atoms with Crippen molar-refractivity contribution in [1.82, 2.24) is 0 Å². The van der Waals surface area contributed by atoms with Crippen LogP contribution in [-0.2, 0) is 9.47 Å². The number of hydrogen-bond donors (Lipinski definition) is 0. The SMILES string of the molecule is CCOC1OC(=O)c2c1ccc(OC)c2OC. The molecular weight excluding hydrogens is 224 g/mol. The van der Waals surface area contributed by atoms with Crippen LogP contribution >= 0.6 is 0 Å². The minimum Gasteiger partial charge on any atom is -0.493 e. The van der Waals surface area contributed by atoms with Gasteiger partial charge in [-0.15, -0.1) is 0 Å². The second-order valence-corrected chi connectivity index (χ2v) is 3.46. The van der Waals surface area contributed by atoms with Crippen molar-refractivity contribution in [1.29, 1.82) is 0 Å². The van der Waals surface area contributed by atoms with Gasteiger partial charge in [-0.3, -0.25) is 0 Å². The molecule has 1 aromatic carbocycles. The van der Waals surface area contributed by atoms with E-state index in [1.54, 1.807) is 12.1 Å². The number of esters is 1. The highest BCUT2D eigenvalue weighted by Gasteiger charge is 2.36. The van der Waals surface area contributed by atoms with Crippen LogP contribution in [0.5, 0.6) is 11.5 Å². The number of methoxy groups -OCH3 is 2. The second-order valence-electron chi connectivity index (χ2n) is 3.46. The third-order valence-corrected chi connectivity index (χ3v) is 2.57. The molecule has 0 aromatic heterocycles. The van der Waals surface area contributed by atoms with Crippen molar-refractivity contribution in [3.8, 4) is 11.5 Å². The van der Waals surface area contributed by atoms with Crippen LogP contribution in [0, 0.1) is 0 Å². The molecule has 1 aromatic rings. The van der Waals surface area contributed by atoms with E-state index in [-0.39, 0.29) is 0 Å². The maximum Gasteiger partial charge on any atom is 0.345 e.